The summed E-state index contributed by atoms with van der Waals surface area (Å²) in [6, 6.07) is 23.4. The third-order valence-corrected chi connectivity index (χ3v) is 4.76. The first kappa shape index (κ1) is 16.5. The van der Waals surface area contributed by atoms with E-state index in [4.69, 9.17) is 4.98 Å². The minimum atomic E-state index is -0.251. The number of imidazole rings is 1. The van der Waals surface area contributed by atoms with Gasteiger partial charge in [-0.05, 0) is 41.3 Å². The Kier molecular flexibility index (Phi) is 4.29. The van der Waals surface area contributed by atoms with Gasteiger partial charge in [-0.2, -0.15) is 0 Å². The van der Waals surface area contributed by atoms with Crippen LogP contribution in [-0.2, 0) is 6.54 Å². The Morgan fingerprint density at radius 1 is 0.885 bits per heavy atom. The van der Waals surface area contributed by atoms with E-state index in [1.165, 1.54) is 17.2 Å². The molecule has 4 aromatic rings. The van der Waals surface area contributed by atoms with E-state index in [0.717, 1.165) is 11.0 Å². The molecule has 0 fully saturated rings. The third kappa shape index (κ3) is 3.01. The molecule has 0 saturated heterocycles. The van der Waals surface area contributed by atoms with Crippen molar-refractivity contribution in [3.05, 3.63) is 89.7 Å². The van der Waals surface area contributed by atoms with Crippen molar-refractivity contribution in [2.24, 2.45) is 0 Å². The van der Waals surface area contributed by atoms with Gasteiger partial charge in [0.05, 0.1) is 16.6 Å². The van der Waals surface area contributed by atoms with Gasteiger partial charge in [-0.1, -0.05) is 62.4 Å². The van der Waals surface area contributed by atoms with Crippen LogP contribution in [0.25, 0.3) is 22.4 Å². The summed E-state index contributed by atoms with van der Waals surface area (Å²) in [5, 5.41) is 0. The van der Waals surface area contributed by atoms with E-state index in [1.807, 2.05) is 30.3 Å². The molecular weight excluding hydrogens is 323 g/mol. The first-order chi connectivity index (χ1) is 12.6. The topological polar surface area (TPSA) is 17.8 Å². The molecule has 0 aliphatic rings. The quantitative estimate of drug-likeness (QED) is 0.443. The molecule has 0 spiro atoms. The molecule has 0 atom stereocenters. The maximum Gasteiger partial charge on any atom is 0.144 e. The number of aromatic nitrogens is 2. The van der Waals surface area contributed by atoms with Crippen molar-refractivity contribution >= 4 is 11.0 Å². The van der Waals surface area contributed by atoms with Gasteiger partial charge in [0.2, 0.25) is 0 Å². The molecule has 0 aliphatic heterocycles. The van der Waals surface area contributed by atoms with Crippen molar-refractivity contribution in [2.45, 2.75) is 26.3 Å². The van der Waals surface area contributed by atoms with Crippen molar-refractivity contribution in [3.8, 4) is 11.4 Å². The number of rotatable bonds is 4. The van der Waals surface area contributed by atoms with E-state index in [1.54, 1.807) is 12.1 Å². The highest BCUT2D eigenvalue weighted by atomic mass is 19.1. The minimum absolute atomic E-state index is 0.251. The van der Waals surface area contributed by atoms with Crippen LogP contribution in [0.15, 0.2) is 72.8 Å². The molecule has 0 bridgehead atoms. The number of fused-ring (bicyclic) bond motifs is 1. The maximum absolute atomic E-state index is 14.4. The fourth-order valence-corrected chi connectivity index (χ4v) is 3.27. The SMILES string of the molecule is CC(C)c1ccc(Cn2c(-c3ccccc3F)nc3ccccc32)cc1. The molecular formula is C23H21FN2. The average molecular weight is 344 g/mol. The van der Waals surface area contributed by atoms with E-state index < -0.39 is 0 Å². The van der Waals surface area contributed by atoms with E-state index in [0.29, 0.717) is 23.9 Å². The molecule has 26 heavy (non-hydrogen) atoms. The number of halogens is 1. The van der Waals surface area contributed by atoms with E-state index in [-0.39, 0.29) is 5.82 Å². The fraction of sp³-hybridized carbons (Fsp3) is 0.174. The summed E-state index contributed by atoms with van der Waals surface area (Å²) in [5.41, 5.74) is 4.92. The number of nitrogens with zero attached hydrogens (tertiary/aromatic N) is 2. The first-order valence-corrected chi connectivity index (χ1v) is 8.92. The summed E-state index contributed by atoms with van der Waals surface area (Å²) in [6.45, 7) is 5.03. The average Bonchev–Trinajstić information content (AvgIpc) is 3.01. The van der Waals surface area contributed by atoms with Gasteiger partial charge in [0.25, 0.3) is 0 Å². The number of hydrogen-bond acceptors (Lipinski definition) is 1. The normalized spacial score (nSPS) is 11.4. The molecule has 1 heterocycles. The summed E-state index contributed by atoms with van der Waals surface area (Å²) in [5.74, 6) is 0.920. The lowest BCUT2D eigenvalue weighted by atomic mass is 10.0. The highest BCUT2D eigenvalue weighted by molar-refractivity contribution is 5.80. The lowest BCUT2D eigenvalue weighted by molar-refractivity contribution is 0.628. The lowest BCUT2D eigenvalue weighted by Crippen LogP contribution is -2.03. The van der Waals surface area contributed by atoms with Crippen LogP contribution in [0.3, 0.4) is 0 Å². The van der Waals surface area contributed by atoms with Gasteiger partial charge in [0.15, 0.2) is 0 Å². The van der Waals surface area contributed by atoms with Crippen molar-refractivity contribution < 1.29 is 4.39 Å². The Hall–Kier alpha value is -2.94. The molecule has 0 radical (unpaired) electrons. The van der Waals surface area contributed by atoms with Crippen molar-refractivity contribution in [3.63, 3.8) is 0 Å². The number of hydrogen-bond donors (Lipinski definition) is 0. The van der Waals surface area contributed by atoms with Crippen LogP contribution in [0.4, 0.5) is 4.39 Å². The Morgan fingerprint density at radius 2 is 1.58 bits per heavy atom. The van der Waals surface area contributed by atoms with Crippen LogP contribution < -0.4 is 0 Å². The monoisotopic (exact) mass is 344 g/mol. The van der Waals surface area contributed by atoms with Crippen LogP contribution in [0.2, 0.25) is 0 Å². The van der Waals surface area contributed by atoms with Gasteiger partial charge < -0.3 is 4.57 Å². The standard InChI is InChI=1S/C23H21FN2/c1-16(2)18-13-11-17(12-14-18)15-26-22-10-6-5-9-21(22)25-23(26)19-7-3-4-8-20(19)24/h3-14,16H,15H2,1-2H3. The fourth-order valence-electron chi connectivity index (χ4n) is 3.27. The predicted molar refractivity (Wildman–Crippen MR) is 105 cm³/mol. The van der Waals surface area contributed by atoms with Gasteiger partial charge in [0.1, 0.15) is 11.6 Å². The van der Waals surface area contributed by atoms with Crippen LogP contribution in [0.5, 0.6) is 0 Å². The van der Waals surface area contributed by atoms with Crippen LogP contribution in [-0.4, -0.2) is 9.55 Å². The molecule has 0 aliphatic carbocycles. The largest absolute Gasteiger partial charge is 0.319 e. The van der Waals surface area contributed by atoms with Gasteiger partial charge in [-0.15, -0.1) is 0 Å². The summed E-state index contributed by atoms with van der Waals surface area (Å²) in [7, 11) is 0. The maximum atomic E-state index is 14.4. The second-order valence-corrected chi connectivity index (χ2v) is 6.89. The minimum Gasteiger partial charge on any atom is -0.319 e. The molecule has 130 valence electrons. The third-order valence-electron chi connectivity index (χ3n) is 4.76. The first-order valence-electron chi connectivity index (χ1n) is 8.92. The molecule has 4 rings (SSSR count). The highest BCUT2D eigenvalue weighted by Gasteiger charge is 2.15. The van der Waals surface area contributed by atoms with Crippen molar-refractivity contribution in [1.82, 2.24) is 9.55 Å². The van der Waals surface area contributed by atoms with Crippen LogP contribution in [0, 0.1) is 5.82 Å². The van der Waals surface area contributed by atoms with Crippen LogP contribution in [0.1, 0.15) is 30.9 Å². The second-order valence-electron chi connectivity index (χ2n) is 6.89. The van der Waals surface area contributed by atoms with Crippen molar-refractivity contribution in [1.29, 1.82) is 0 Å². The Labute approximate surface area is 152 Å². The van der Waals surface area contributed by atoms with Gasteiger partial charge in [-0.25, -0.2) is 9.37 Å². The van der Waals surface area contributed by atoms with Gasteiger partial charge in [-0.3, -0.25) is 0 Å². The zero-order valence-electron chi connectivity index (χ0n) is 15.0. The highest BCUT2D eigenvalue weighted by Crippen LogP contribution is 2.28. The van der Waals surface area contributed by atoms with Gasteiger partial charge >= 0.3 is 0 Å². The Balaban J connectivity index is 1.83. The Bertz CT molecular complexity index is 1050. The molecule has 0 unspecified atom stereocenters. The molecule has 0 amide bonds. The number of para-hydroxylation sites is 2. The van der Waals surface area contributed by atoms with Gasteiger partial charge in [0, 0.05) is 6.54 Å². The van der Waals surface area contributed by atoms with E-state index in [9.17, 15) is 4.39 Å². The summed E-state index contributed by atoms with van der Waals surface area (Å²) >= 11 is 0. The van der Waals surface area contributed by atoms with Crippen molar-refractivity contribution in [2.75, 3.05) is 0 Å². The Morgan fingerprint density at radius 3 is 2.31 bits per heavy atom. The lowest BCUT2D eigenvalue weighted by Gasteiger charge is -2.12. The van der Waals surface area contributed by atoms with E-state index in [2.05, 4.69) is 42.7 Å². The molecule has 1 aromatic heterocycles. The summed E-state index contributed by atoms with van der Waals surface area (Å²) in [4.78, 5) is 4.71. The second kappa shape index (κ2) is 6.75. The zero-order chi connectivity index (χ0) is 18.1. The predicted octanol–water partition coefficient (Wildman–Crippen LogP) is 6.01. The summed E-state index contributed by atoms with van der Waals surface area (Å²) in [6.07, 6.45) is 0. The smallest absolute Gasteiger partial charge is 0.144 e. The molecule has 2 nitrogen and oxygen atoms in total. The van der Waals surface area contributed by atoms with Crippen LogP contribution >= 0.6 is 0 Å². The summed E-state index contributed by atoms with van der Waals surface area (Å²) < 4.78 is 16.5. The number of benzene rings is 3. The zero-order valence-corrected chi connectivity index (χ0v) is 15.0. The molecule has 3 heteroatoms. The van der Waals surface area contributed by atoms with E-state index >= 15 is 0 Å². The molecule has 3 aromatic carbocycles. The molecule has 0 saturated carbocycles. The molecule has 0 N–H and O–H groups in total.